The first-order chi connectivity index (χ1) is 12.3. The van der Waals surface area contributed by atoms with Crippen LogP contribution in [0, 0.1) is 10.1 Å². The number of anilines is 1. The van der Waals surface area contributed by atoms with Crippen molar-refractivity contribution >= 4 is 32.2 Å². The number of nitro benzene ring substituents is 1. The van der Waals surface area contributed by atoms with Gasteiger partial charge in [0.25, 0.3) is 5.69 Å². The first kappa shape index (κ1) is 18.7. The van der Waals surface area contributed by atoms with Crippen LogP contribution < -0.4 is 5.73 Å². The zero-order valence-corrected chi connectivity index (χ0v) is 15.9. The van der Waals surface area contributed by atoms with Gasteiger partial charge in [-0.3, -0.25) is 10.1 Å². The van der Waals surface area contributed by atoms with Gasteiger partial charge in [0, 0.05) is 30.0 Å². The molecule has 0 bridgehead atoms. The smallest absolute Gasteiger partial charge is 0.289 e. The molecule has 1 aromatic heterocycles. The normalized spacial score (nSPS) is 17.2. The van der Waals surface area contributed by atoms with Crippen molar-refractivity contribution in [1.82, 2.24) is 9.29 Å². The van der Waals surface area contributed by atoms with Gasteiger partial charge in [0.1, 0.15) is 0 Å². The van der Waals surface area contributed by atoms with Crippen molar-refractivity contribution in [1.29, 1.82) is 0 Å². The van der Waals surface area contributed by atoms with Gasteiger partial charge in [-0.1, -0.05) is 19.1 Å². The maximum Gasteiger partial charge on any atom is 0.289 e. The lowest BCUT2D eigenvalue weighted by molar-refractivity contribution is -0.387. The number of para-hydroxylation sites is 1. The van der Waals surface area contributed by atoms with Crippen molar-refractivity contribution in [2.75, 3.05) is 12.3 Å². The number of fused-ring (bicyclic) bond motifs is 1. The van der Waals surface area contributed by atoms with Crippen molar-refractivity contribution in [3.63, 3.8) is 0 Å². The van der Waals surface area contributed by atoms with E-state index in [1.54, 1.807) is 0 Å². The molecule has 2 N–H and O–H groups in total. The number of sulfonamides is 1. The number of hydrogen-bond acceptors (Lipinski definition) is 7. The molecule has 1 unspecified atom stereocenters. The lowest BCUT2D eigenvalue weighted by atomic mass is 9.97. The van der Waals surface area contributed by atoms with Gasteiger partial charge in [-0.2, -0.15) is 4.31 Å². The Balaban J connectivity index is 1.99. The van der Waals surface area contributed by atoms with E-state index in [9.17, 15) is 18.5 Å². The van der Waals surface area contributed by atoms with Gasteiger partial charge in [-0.25, -0.2) is 13.4 Å². The Kier molecular flexibility index (Phi) is 5.26. The summed E-state index contributed by atoms with van der Waals surface area (Å²) in [5.41, 5.74) is 6.31. The molecule has 0 amide bonds. The molecule has 26 heavy (non-hydrogen) atoms. The summed E-state index contributed by atoms with van der Waals surface area (Å²) < 4.78 is 27.9. The summed E-state index contributed by atoms with van der Waals surface area (Å²) in [7, 11) is -3.99. The van der Waals surface area contributed by atoms with Crippen LogP contribution in [0.25, 0.3) is 0 Å². The topological polar surface area (TPSA) is 119 Å². The molecule has 0 radical (unpaired) electrons. The Morgan fingerprint density at radius 2 is 2.15 bits per heavy atom. The molecule has 0 aliphatic heterocycles. The Morgan fingerprint density at radius 1 is 1.42 bits per heavy atom. The molecule has 1 heterocycles. The Morgan fingerprint density at radius 3 is 2.85 bits per heavy atom. The average molecular weight is 396 g/mol. The van der Waals surface area contributed by atoms with Crippen LogP contribution in [0.2, 0.25) is 0 Å². The summed E-state index contributed by atoms with van der Waals surface area (Å²) in [6.45, 7) is 2.20. The van der Waals surface area contributed by atoms with E-state index in [0.29, 0.717) is 37.4 Å². The third kappa shape index (κ3) is 3.44. The van der Waals surface area contributed by atoms with Gasteiger partial charge in [0.2, 0.25) is 10.0 Å². The van der Waals surface area contributed by atoms with Crippen LogP contribution in [0.15, 0.2) is 29.2 Å². The third-order valence-electron chi connectivity index (χ3n) is 4.43. The van der Waals surface area contributed by atoms with Crippen LogP contribution in [0.4, 0.5) is 10.8 Å². The van der Waals surface area contributed by atoms with E-state index in [1.165, 1.54) is 39.9 Å². The second kappa shape index (κ2) is 7.29. The first-order valence-electron chi connectivity index (χ1n) is 8.34. The summed E-state index contributed by atoms with van der Waals surface area (Å²) >= 11 is 1.38. The molecule has 0 fully saturated rings. The molecule has 3 rings (SSSR count). The van der Waals surface area contributed by atoms with E-state index < -0.39 is 20.6 Å². The minimum Gasteiger partial charge on any atom is -0.375 e. The quantitative estimate of drug-likeness (QED) is 0.592. The fourth-order valence-corrected chi connectivity index (χ4v) is 6.15. The van der Waals surface area contributed by atoms with Crippen LogP contribution in [-0.2, 0) is 22.9 Å². The molecule has 1 aliphatic carbocycles. The monoisotopic (exact) mass is 396 g/mol. The molecule has 0 spiro atoms. The molecule has 1 atom stereocenters. The second-order valence-electron chi connectivity index (χ2n) is 6.16. The largest absolute Gasteiger partial charge is 0.375 e. The van der Waals surface area contributed by atoms with Gasteiger partial charge in [0.05, 0.1) is 10.6 Å². The van der Waals surface area contributed by atoms with Gasteiger partial charge in [-0.05, 0) is 25.3 Å². The van der Waals surface area contributed by atoms with Crippen molar-refractivity contribution in [3.8, 4) is 0 Å². The van der Waals surface area contributed by atoms with E-state index >= 15 is 0 Å². The third-order valence-corrected chi connectivity index (χ3v) is 7.38. The van der Waals surface area contributed by atoms with Gasteiger partial charge in [-0.15, -0.1) is 11.3 Å². The first-order valence-corrected chi connectivity index (χ1v) is 10.6. The fraction of sp³-hybridized carbons (Fsp3) is 0.438. The molecule has 1 aromatic carbocycles. The highest BCUT2D eigenvalue weighted by Gasteiger charge is 2.37. The highest BCUT2D eigenvalue weighted by Crippen LogP contribution is 2.34. The Labute approximate surface area is 155 Å². The SMILES string of the molecule is CCCN(C1CCc2nc(N)sc2C1)S(=O)(=O)c1ccccc1[N+](=O)[O-]. The highest BCUT2D eigenvalue weighted by atomic mass is 32.2. The van der Waals surface area contributed by atoms with Crippen LogP contribution in [-0.4, -0.2) is 35.2 Å². The molecular formula is C16H20N4O4S2. The summed E-state index contributed by atoms with van der Waals surface area (Å²) in [5, 5.41) is 11.8. The fourth-order valence-electron chi connectivity index (χ4n) is 3.30. The van der Waals surface area contributed by atoms with E-state index in [1.807, 2.05) is 6.92 Å². The number of rotatable bonds is 6. The number of thiazole rings is 1. The second-order valence-corrected chi connectivity index (χ2v) is 9.13. The maximum atomic E-state index is 13.2. The van der Waals surface area contributed by atoms with Gasteiger partial charge in [0.15, 0.2) is 10.0 Å². The number of hydrogen-bond donors (Lipinski definition) is 1. The minimum atomic E-state index is -3.99. The van der Waals surface area contributed by atoms with Gasteiger partial charge >= 0.3 is 0 Å². The molecular weight excluding hydrogens is 376 g/mol. The molecule has 140 valence electrons. The molecule has 2 aromatic rings. The van der Waals surface area contributed by atoms with Crippen molar-refractivity contribution in [2.45, 2.75) is 43.5 Å². The standard InChI is InChI=1S/C16H20N4O4S2/c1-2-9-19(11-7-8-12-14(10-11)25-16(17)18-12)26(23,24)15-6-4-3-5-13(15)20(21)22/h3-6,11H,2,7-10H2,1H3,(H2,17,18). The lowest BCUT2D eigenvalue weighted by Gasteiger charge is -2.32. The molecule has 10 heteroatoms. The molecule has 0 saturated carbocycles. The van der Waals surface area contributed by atoms with Crippen molar-refractivity contribution in [3.05, 3.63) is 45.0 Å². The summed E-state index contributed by atoms with van der Waals surface area (Å²) in [6.07, 6.45) is 2.43. The zero-order chi connectivity index (χ0) is 18.9. The van der Waals surface area contributed by atoms with Gasteiger partial charge < -0.3 is 5.73 Å². The Bertz CT molecular complexity index is 926. The van der Waals surface area contributed by atoms with E-state index in [2.05, 4.69) is 4.98 Å². The maximum absolute atomic E-state index is 13.2. The summed E-state index contributed by atoms with van der Waals surface area (Å²) in [6, 6.07) is 5.24. The Hall–Kier alpha value is -2.04. The number of nitrogens with zero attached hydrogens (tertiary/aromatic N) is 3. The van der Waals surface area contributed by atoms with E-state index in [0.717, 1.165) is 10.6 Å². The predicted molar refractivity (Wildman–Crippen MR) is 99.6 cm³/mol. The van der Waals surface area contributed by atoms with Crippen molar-refractivity contribution in [2.24, 2.45) is 0 Å². The molecule has 1 aliphatic rings. The van der Waals surface area contributed by atoms with E-state index in [-0.39, 0.29) is 10.9 Å². The summed E-state index contributed by atoms with van der Waals surface area (Å²) in [4.78, 5) is 15.7. The molecule has 0 saturated heterocycles. The van der Waals surface area contributed by atoms with Crippen LogP contribution >= 0.6 is 11.3 Å². The van der Waals surface area contributed by atoms with Crippen LogP contribution in [0.1, 0.15) is 30.3 Å². The predicted octanol–water partition coefficient (Wildman–Crippen LogP) is 2.59. The number of nitro groups is 1. The summed E-state index contributed by atoms with van der Waals surface area (Å²) in [5.74, 6) is 0. The zero-order valence-electron chi connectivity index (χ0n) is 14.3. The van der Waals surface area contributed by atoms with E-state index in [4.69, 9.17) is 5.73 Å². The number of nitrogens with two attached hydrogens (primary N) is 1. The molecule has 8 nitrogen and oxygen atoms in total. The van der Waals surface area contributed by atoms with Crippen molar-refractivity contribution < 1.29 is 13.3 Å². The highest BCUT2D eigenvalue weighted by molar-refractivity contribution is 7.89. The number of aromatic nitrogens is 1. The number of benzene rings is 1. The number of nitrogen functional groups attached to an aromatic ring is 1. The number of aryl methyl sites for hydroxylation is 1. The minimum absolute atomic E-state index is 0.256. The lowest BCUT2D eigenvalue weighted by Crippen LogP contribution is -2.43. The van der Waals surface area contributed by atoms with Crippen LogP contribution in [0.5, 0.6) is 0 Å². The average Bonchev–Trinajstić information content (AvgIpc) is 2.98. The van der Waals surface area contributed by atoms with Crippen LogP contribution in [0.3, 0.4) is 0 Å².